The Hall–Kier alpha value is -1.21. The Morgan fingerprint density at radius 3 is 2.40 bits per heavy atom. The molecule has 0 fully saturated rings. The number of benzene rings is 1. The van der Waals surface area contributed by atoms with Crippen LogP contribution in [0.5, 0.6) is 0 Å². The summed E-state index contributed by atoms with van der Waals surface area (Å²) < 4.78 is 31.0. The van der Waals surface area contributed by atoms with Gasteiger partial charge in [-0.25, -0.2) is 8.42 Å². The predicted octanol–water partition coefficient (Wildman–Crippen LogP) is 1.11. The number of nitrogens with zero attached hydrogens (tertiary/aromatic N) is 1. The Balaban J connectivity index is 2.81. The highest BCUT2D eigenvalue weighted by atomic mass is 32.2. The standard InChI is InChI=1S/C14H22N2O3S/c1-3-8-16(9-10-19-2)20(17,18)12-14-6-4-13(11-15)5-7-14/h3-7H,1,8-12,15H2,2H3. The predicted molar refractivity (Wildman–Crippen MR) is 80.6 cm³/mol. The quantitative estimate of drug-likeness (QED) is 0.693. The van der Waals surface area contributed by atoms with Crippen molar-refractivity contribution in [3.05, 3.63) is 48.0 Å². The molecule has 0 heterocycles. The van der Waals surface area contributed by atoms with E-state index in [1.165, 1.54) is 4.31 Å². The highest BCUT2D eigenvalue weighted by molar-refractivity contribution is 7.88. The average Bonchev–Trinajstić information content (AvgIpc) is 2.43. The lowest BCUT2D eigenvalue weighted by Gasteiger charge is -2.20. The molecule has 0 bridgehead atoms. The number of sulfonamides is 1. The van der Waals surface area contributed by atoms with Crippen LogP contribution < -0.4 is 5.73 Å². The second kappa shape index (κ2) is 8.16. The molecule has 6 heteroatoms. The van der Waals surface area contributed by atoms with Crippen molar-refractivity contribution in [2.24, 2.45) is 5.73 Å². The molecule has 2 N–H and O–H groups in total. The van der Waals surface area contributed by atoms with Gasteiger partial charge in [0.2, 0.25) is 10.0 Å². The molecule has 0 saturated carbocycles. The topological polar surface area (TPSA) is 72.6 Å². The van der Waals surface area contributed by atoms with Gasteiger partial charge in [-0.15, -0.1) is 6.58 Å². The van der Waals surface area contributed by atoms with Gasteiger partial charge in [-0.05, 0) is 11.1 Å². The van der Waals surface area contributed by atoms with E-state index in [9.17, 15) is 8.42 Å². The van der Waals surface area contributed by atoms with Crippen LogP contribution in [-0.2, 0) is 27.1 Å². The number of methoxy groups -OCH3 is 1. The van der Waals surface area contributed by atoms with E-state index in [1.807, 2.05) is 12.1 Å². The van der Waals surface area contributed by atoms with Crippen LogP contribution in [0.3, 0.4) is 0 Å². The maximum absolute atomic E-state index is 12.3. The molecule has 0 unspecified atom stereocenters. The molecule has 0 radical (unpaired) electrons. The number of hydrogen-bond acceptors (Lipinski definition) is 4. The first-order chi connectivity index (χ1) is 9.53. The minimum atomic E-state index is -3.38. The molecule has 1 aromatic rings. The summed E-state index contributed by atoms with van der Waals surface area (Å²) >= 11 is 0. The second-order valence-corrected chi connectivity index (χ2v) is 6.39. The lowest BCUT2D eigenvalue weighted by atomic mass is 10.1. The molecule has 0 amide bonds. The minimum Gasteiger partial charge on any atom is -0.383 e. The van der Waals surface area contributed by atoms with Crippen molar-refractivity contribution in [3.8, 4) is 0 Å². The molecule has 0 aliphatic rings. The largest absolute Gasteiger partial charge is 0.383 e. The van der Waals surface area contributed by atoms with Crippen LogP contribution in [0.4, 0.5) is 0 Å². The summed E-state index contributed by atoms with van der Waals surface area (Å²) in [7, 11) is -1.83. The van der Waals surface area contributed by atoms with Gasteiger partial charge >= 0.3 is 0 Å². The monoisotopic (exact) mass is 298 g/mol. The number of hydrogen-bond donors (Lipinski definition) is 1. The molecule has 0 aromatic heterocycles. The van der Waals surface area contributed by atoms with Crippen molar-refractivity contribution in [1.82, 2.24) is 4.31 Å². The lowest BCUT2D eigenvalue weighted by molar-refractivity contribution is 0.182. The Kier molecular flexibility index (Phi) is 6.87. The van der Waals surface area contributed by atoms with Gasteiger partial charge in [0, 0.05) is 26.7 Å². The summed E-state index contributed by atoms with van der Waals surface area (Å²) in [4.78, 5) is 0. The third kappa shape index (κ3) is 5.05. The van der Waals surface area contributed by atoms with Crippen LogP contribution in [0.15, 0.2) is 36.9 Å². The van der Waals surface area contributed by atoms with Crippen LogP contribution in [0, 0.1) is 0 Å². The van der Waals surface area contributed by atoms with Crippen molar-refractivity contribution in [3.63, 3.8) is 0 Å². The van der Waals surface area contributed by atoms with E-state index in [-0.39, 0.29) is 12.3 Å². The van der Waals surface area contributed by atoms with Gasteiger partial charge in [-0.1, -0.05) is 30.3 Å². The van der Waals surface area contributed by atoms with Gasteiger partial charge in [0.05, 0.1) is 12.4 Å². The fourth-order valence-electron chi connectivity index (χ4n) is 1.75. The summed E-state index contributed by atoms with van der Waals surface area (Å²) in [6.07, 6.45) is 1.57. The van der Waals surface area contributed by atoms with Gasteiger partial charge < -0.3 is 10.5 Å². The van der Waals surface area contributed by atoms with Gasteiger partial charge in [-0.2, -0.15) is 4.31 Å². The zero-order valence-electron chi connectivity index (χ0n) is 11.8. The number of rotatable bonds is 9. The Morgan fingerprint density at radius 2 is 1.90 bits per heavy atom. The van der Waals surface area contributed by atoms with Crippen LogP contribution in [0.1, 0.15) is 11.1 Å². The van der Waals surface area contributed by atoms with Crippen molar-refractivity contribution >= 4 is 10.0 Å². The lowest BCUT2D eigenvalue weighted by Crippen LogP contribution is -2.35. The fraction of sp³-hybridized carbons (Fsp3) is 0.429. The molecule has 0 aliphatic heterocycles. The molecule has 0 spiro atoms. The molecular formula is C14H22N2O3S. The molecule has 0 atom stereocenters. The first-order valence-electron chi connectivity index (χ1n) is 6.39. The van der Waals surface area contributed by atoms with Crippen molar-refractivity contribution in [2.45, 2.75) is 12.3 Å². The summed E-state index contributed by atoms with van der Waals surface area (Å²) in [5.41, 5.74) is 7.24. The second-order valence-electron chi connectivity index (χ2n) is 4.42. The van der Waals surface area contributed by atoms with Crippen molar-refractivity contribution < 1.29 is 13.2 Å². The molecule has 112 valence electrons. The molecule has 1 rings (SSSR count). The highest BCUT2D eigenvalue weighted by Crippen LogP contribution is 2.12. The molecular weight excluding hydrogens is 276 g/mol. The Labute approximate surface area is 121 Å². The van der Waals surface area contributed by atoms with Crippen LogP contribution in [-0.4, -0.2) is 39.5 Å². The van der Waals surface area contributed by atoms with Crippen molar-refractivity contribution in [2.75, 3.05) is 26.8 Å². The van der Waals surface area contributed by atoms with E-state index in [0.29, 0.717) is 19.7 Å². The van der Waals surface area contributed by atoms with Crippen molar-refractivity contribution in [1.29, 1.82) is 0 Å². The molecule has 1 aromatic carbocycles. The summed E-state index contributed by atoms with van der Waals surface area (Å²) in [5, 5.41) is 0. The highest BCUT2D eigenvalue weighted by Gasteiger charge is 2.21. The summed E-state index contributed by atoms with van der Waals surface area (Å²) in [6, 6.07) is 7.28. The Morgan fingerprint density at radius 1 is 1.30 bits per heavy atom. The summed E-state index contributed by atoms with van der Waals surface area (Å²) in [6.45, 7) is 5.01. The third-order valence-corrected chi connectivity index (χ3v) is 4.70. The van der Waals surface area contributed by atoms with Gasteiger partial charge in [0.25, 0.3) is 0 Å². The van der Waals surface area contributed by atoms with E-state index in [2.05, 4.69) is 6.58 Å². The first kappa shape index (κ1) is 16.8. The van der Waals surface area contributed by atoms with E-state index < -0.39 is 10.0 Å². The number of ether oxygens (including phenoxy) is 1. The van der Waals surface area contributed by atoms with E-state index in [4.69, 9.17) is 10.5 Å². The van der Waals surface area contributed by atoms with E-state index in [1.54, 1.807) is 25.3 Å². The maximum atomic E-state index is 12.3. The molecule has 0 aliphatic carbocycles. The normalized spacial score (nSPS) is 11.8. The van der Waals surface area contributed by atoms with Crippen LogP contribution >= 0.6 is 0 Å². The third-order valence-electron chi connectivity index (χ3n) is 2.88. The zero-order valence-corrected chi connectivity index (χ0v) is 12.6. The average molecular weight is 298 g/mol. The first-order valence-corrected chi connectivity index (χ1v) is 8.00. The maximum Gasteiger partial charge on any atom is 0.218 e. The SMILES string of the molecule is C=CCN(CCOC)S(=O)(=O)Cc1ccc(CN)cc1. The van der Waals surface area contributed by atoms with E-state index >= 15 is 0 Å². The zero-order chi connectivity index (χ0) is 15.0. The molecule has 5 nitrogen and oxygen atoms in total. The van der Waals surface area contributed by atoms with Gasteiger partial charge in [0.1, 0.15) is 0 Å². The van der Waals surface area contributed by atoms with Crippen LogP contribution in [0.25, 0.3) is 0 Å². The molecule has 0 saturated heterocycles. The number of nitrogens with two attached hydrogens (primary N) is 1. The Bertz CT molecular complexity index is 512. The van der Waals surface area contributed by atoms with Crippen LogP contribution in [0.2, 0.25) is 0 Å². The van der Waals surface area contributed by atoms with E-state index in [0.717, 1.165) is 11.1 Å². The smallest absolute Gasteiger partial charge is 0.218 e. The fourth-order valence-corrected chi connectivity index (χ4v) is 3.24. The summed E-state index contributed by atoms with van der Waals surface area (Å²) in [5.74, 6) is -0.0323. The van der Waals surface area contributed by atoms with Gasteiger partial charge in [-0.3, -0.25) is 0 Å². The van der Waals surface area contributed by atoms with Gasteiger partial charge in [0.15, 0.2) is 0 Å². The minimum absolute atomic E-state index is 0.0323. The molecule has 20 heavy (non-hydrogen) atoms.